The molecule has 1 aromatic carbocycles. The highest BCUT2D eigenvalue weighted by Gasteiger charge is 2.13. The fourth-order valence-corrected chi connectivity index (χ4v) is 1.41. The summed E-state index contributed by atoms with van der Waals surface area (Å²) in [5, 5.41) is 27.5. The van der Waals surface area contributed by atoms with Gasteiger partial charge in [0.1, 0.15) is 5.75 Å². The van der Waals surface area contributed by atoms with Gasteiger partial charge in [0.25, 0.3) is 5.69 Å². The molecule has 0 aliphatic carbocycles. The van der Waals surface area contributed by atoms with Crippen molar-refractivity contribution in [3.8, 4) is 5.75 Å². The SMILES string of the molecule is Cc1ccc(N=Nc2ccc(O)cn2)c([N+](=O)[O-])c1. The van der Waals surface area contributed by atoms with Gasteiger partial charge in [-0.15, -0.1) is 10.2 Å². The molecular weight excluding hydrogens is 248 g/mol. The molecule has 2 rings (SSSR count). The Bertz CT molecular complexity index is 638. The fraction of sp³-hybridized carbons (Fsp3) is 0.0833. The monoisotopic (exact) mass is 258 g/mol. The predicted molar refractivity (Wildman–Crippen MR) is 67.9 cm³/mol. The number of aromatic hydroxyl groups is 1. The van der Waals surface area contributed by atoms with Crippen molar-refractivity contribution in [3.05, 3.63) is 52.2 Å². The summed E-state index contributed by atoms with van der Waals surface area (Å²) in [6, 6.07) is 7.53. The summed E-state index contributed by atoms with van der Waals surface area (Å²) < 4.78 is 0. The number of benzene rings is 1. The van der Waals surface area contributed by atoms with E-state index >= 15 is 0 Å². The Labute approximate surface area is 108 Å². The molecule has 0 saturated heterocycles. The summed E-state index contributed by atoms with van der Waals surface area (Å²) in [6.07, 6.45) is 1.22. The van der Waals surface area contributed by atoms with Gasteiger partial charge in [0.05, 0.1) is 11.1 Å². The molecule has 1 N–H and O–H groups in total. The van der Waals surface area contributed by atoms with E-state index in [1.807, 2.05) is 0 Å². The molecule has 0 aliphatic rings. The fourth-order valence-electron chi connectivity index (χ4n) is 1.41. The van der Waals surface area contributed by atoms with Crippen LogP contribution in [0.3, 0.4) is 0 Å². The largest absolute Gasteiger partial charge is 0.506 e. The van der Waals surface area contributed by atoms with Crippen molar-refractivity contribution in [1.82, 2.24) is 4.98 Å². The van der Waals surface area contributed by atoms with Crippen LogP contribution in [0.2, 0.25) is 0 Å². The van der Waals surface area contributed by atoms with Gasteiger partial charge in [-0.25, -0.2) is 4.98 Å². The lowest BCUT2D eigenvalue weighted by atomic mass is 10.2. The molecule has 1 heterocycles. The van der Waals surface area contributed by atoms with E-state index in [0.717, 1.165) is 5.56 Å². The van der Waals surface area contributed by atoms with Crippen LogP contribution in [-0.4, -0.2) is 15.0 Å². The van der Waals surface area contributed by atoms with E-state index in [0.29, 0.717) is 0 Å². The van der Waals surface area contributed by atoms with Gasteiger partial charge in [-0.2, -0.15) is 0 Å². The van der Waals surface area contributed by atoms with Gasteiger partial charge < -0.3 is 5.11 Å². The first-order valence-corrected chi connectivity index (χ1v) is 5.38. The Hall–Kier alpha value is -2.83. The quantitative estimate of drug-likeness (QED) is 0.517. The van der Waals surface area contributed by atoms with Gasteiger partial charge in [-0.1, -0.05) is 6.07 Å². The van der Waals surface area contributed by atoms with Crippen molar-refractivity contribution in [1.29, 1.82) is 0 Å². The molecule has 0 atom stereocenters. The average Bonchev–Trinajstić information content (AvgIpc) is 2.39. The minimum absolute atomic E-state index is 0.0141. The van der Waals surface area contributed by atoms with E-state index in [4.69, 9.17) is 5.11 Å². The first-order valence-electron chi connectivity index (χ1n) is 5.38. The van der Waals surface area contributed by atoms with E-state index in [-0.39, 0.29) is 22.9 Å². The van der Waals surface area contributed by atoms with Gasteiger partial charge in [0, 0.05) is 6.07 Å². The van der Waals surface area contributed by atoms with E-state index in [1.165, 1.54) is 30.5 Å². The lowest BCUT2D eigenvalue weighted by molar-refractivity contribution is -0.384. The topological polar surface area (TPSA) is 101 Å². The van der Waals surface area contributed by atoms with Crippen LogP contribution in [0.5, 0.6) is 5.75 Å². The van der Waals surface area contributed by atoms with E-state index < -0.39 is 4.92 Å². The van der Waals surface area contributed by atoms with Crippen molar-refractivity contribution >= 4 is 17.2 Å². The summed E-state index contributed by atoms with van der Waals surface area (Å²) in [6.45, 7) is 1.76. The van der Waals surface area contributed by atoms with E-state index in [9.17, 15) is 10.1 Å². The lowest BCUT2D eigenvalue weighted by Crippen LogP contribution is -1.88. The molecule has 1 aromatic heterocycles. The van der Waals surface area contributed by atoms with Gasteiger partial charge in [-0.05, 0) is 30.7 Å². The van der Waals surface area contributed by atoms with Crippen molar-refractivity contribution in [2.24, 2.45) is 10.2 Å². The second-order valence-electron chi connectivity index (χ2n) is 3.82. The minimum Gasteiger partial charge on any atom is -0.506 e. The third-order valence-electron chi connectivity index (χ3n) is 2.32. The Balaban J connectivity index is 2.32. The standard InChI is InChI=1S/C12H10N4O3/c1-8-2-4-10(11(6-8)16(18)19)14-15-12-5-3-9(17)7-13-12/h2-7,17H,1H3. The number of rotatable bonds is 3. The number of nitrogens with zero attached hydrogens (tertiary/aromatic N) is 4. The lowest BCUT2D eigenvalue weighted by Gasteiger charge is -1.98. The normalized spacial score (nSPS) is 10.8. The number of pyridine rings is 1. The van der Waals surface area contributed by atoms with Crippen LogP contribution >= 0.6 is 0 Å². The number of hydrogen-bond donors (Lipinski definition) is 1. The molecule has 2 aromatic rings. The average molecular weight is 258 g/mol. The number of nitro groups is 1. The van der Waals surface area contributed by atoms with Gasteiger partial charge in [0.15, 0.2) is 11.5 Å². The summed E-state index contributed by atoms with van der Waals surface area (Å²) in [5.41, 5.74) is 0.821. The van der Waals surface area contributed by atoms with Gasteiger partial charge in [0.2, 0.25) is 0 Å². The first-order chi connectivity index (χ1) is 9.06. The molecule has 0 saturated carbocycles. The molecule has 96 valence electrons. The second-order valence-corrected chi connectivity index (χ2v) is 3.82. The molecule has 0 unspecified atom stereocenters. The smallest absolute Gasteiger partial charge is 0.296 e. The summed E-state index contributed by atoms with van der Waals surface area (Å²) in [4.78, 5) is 14.2. The van der Waals surface area contributed by atoms with Crippen LogP contribution in [0.15, 0.2) is 46.8 Å². The zero-order valence-corrected chi connectivity index (χ0v) is 10.0. The number of azo groups is 1. The Morgan fingerprint density at radius 3 is 2.68 bits per heavy atom. The van der Waals surface area contributed by atoms with Crippen LogP contribution in [0, 0.1) is 17.0 Å². The molecule has 0 bridgehead atoms. The van der Waals surface area contributed by atoms with Crippen LogP contribution in [0.1, 0.15) is 5.56 Å². The van der Waals surface area contributed by atoms with Crippen LogP contribution < -0.4 is 0 Å². The molecule has 0 aliphatic heterocycles. The molecule has 0 amide bonds. The summed E-state index contributed by atoms with van der Waals surface area (Å²) >= 11 is 0. The molecule has 19 heavy (non-hydrogen) atoms. The molecule has 0 spiro atoms. The molecule has 7 heteroatoms. The summed E-state index contributed by atoms with van der Waals surface area (Å²) in [5.74, 6) is 0.271. The zero-order chi connectivity index (χ0) is 13.8. The Kier molecular flexibility index (Phi) is 3.46. The van der Waals surface area contributed by atoms with E-state index in [1.54, 1.807) is 13.0 Å². The zero-order valence-electron chi connectivity index (χ0n) is 10.0. The van der Waals surface area contributed by atoms with Crippen molar-refractivity contribution in [2.45, 2.75) is 6.92 Å². The predicted octanol–water partition coefficient (Wildman–Crippen LogP) is 3.42. The highest BCUT2D eigenvalue weighted by molar-refractivity contribution is 5.58. The Morgan fingerprint density at radius 1 is 1.26 bits per heavy atom. The third-order valence-corrected chi connectivity index (χ3v) is 2.32. The van der Waals surface area contributed by atoms with Crippen molar-refractivity contribution in [2.75, 3.05) is 0 Å². The number of aryl methyl sites for hydroxylation is 1. The van der Waals surface area contributed by atoms with Crippen molar-refractivity contribution in [3.63, 3.8) is 0 Å². The maximum Gasteiger partial charge on any atom is 0.296 e. The highest BCUT2D eigenvalue weighted by atomic mass is 16.6. The van der Waals surface area contributed by atoms with Crippen LogP contribution in [0.25, 0.3) is 0 Å². The number of nitro benzene ring substituents is 1. The van der Waals surface area contributed by atoms with E-state index in [2.05, 4.69) is 15.2 Å². The Morgan fingerprint density at radius 2 is 2.05 bits per heavy atom. The molecule has 0 fully saturated rings. The number of aromatic nitrogens is 1. The minimum atomic E-state index is -0.508. The van der Waals surface area contributed by atoms with Crippen molar-refractivity contribution < 1.29 is 10.0 Å². The molecule has 7 nitrogen and oxygen atoms in total. The highest BCUT2D eigenvalue weighted by Crippen LogP contribution is 2.29. The maximum absolute atomic E-state index is 10.9. The number of hydrogen-bond acceptors (Lipinski definition) is 6. The van der Waals surface area contributed by atoms with Crippen LogP contribution in [-0.2, 0) is 0 Å². The van der Waals surface area contributed by atoms with Gasteiger partial charge >= 0.3 is 0 Å². The van der Waals surface area contributed by atoms with Crippen LogP contribution in [0.4, 0.5) is 17.2 Å². The first kappa shape index (κ1) is 12.6. The second kappa shape index (κ2) is 5.21. The third kappa shape index (κ3) is 3.09. The van der Waals surface area contributed by atoms with Gasteiger partial charge in [-0.3, -0.25) is 10.1 Å². The molecule has 0 radical (unpaired) electrons. The molecular formula is C12H10N4O3. The summed E-state index contributed by atoms with van der Waals surface area (Å²) in [7, 11) is 0. The maximum atomic E-state index is 10.9.